The zero-order valence-electron chi connectivity index (χ0n) is 12.6. The standard InChI is InChI=1S/C20H16N2O/c21-14-16-6-4-5-7-17(16)15-23-20-12-10-19(11-13-20)22-18-8-2-1-3-9-18/h1-13,22H,15H2. The average Bonchev–Trinajstić information content (AvgIpc) is 2.62. The molecule has 112 valence electrons. The monoisotopic (exact) mass is 300 g/mol. The number of rotatable bonds is 5. The van der Waals surface area contributed by atoms with Crippen LogP contribution in [0.3, 0.4) is 0 Å². The zero-order chi connectivity index (χ0) is 15.9. The van der Waals surface area contributed by atoms with Crippen molar-refractivity contribution in [3.63, 3.8) is 0 Å². The van der Waals surface area contributed by atoms with E-state index in [2.05, 4.69) is 11.4 Å². The van der Waals surface area contributed by atoms with E-state index in [9.17, 15) is 0 Å². The molecule has 3 heteroatoms. The van der Waals surface area contributed by atoms with Crippen LogP contribution in [0.2, 0.25) is 0 Å². The Balaban J connectivity index is 1.63. The highest BCUT2D eigenvalue weighted by molar-refractivity contribution is 5.60. The fraction of sp³-hybridized carbons (Fsp3) is 0.0500. The molecule has 0 amide bonds. The third-order valence-corrected chi connectivity index (χ3v) is 3.45. The first-order valence-corrected chi connectivity index (χ1v) is 7.38. The Bertz CT molecular complexity index is 805. The first-order chi connectivity index (χ1) is 11.3. The summed E-state index contributed by atoms with van der Waals surface area (Å²) in [5.74, 6) is 0.774. The first-order valence-electron chi connectivity index (χ1n) is 7.38. The van der Waals surface area contributed by atoms with Crippen molar-refractivity contribution in [1.29, 1.82) is 5.26 Å². The summed E-state index contributed by atoms with van der Waals surface area (Å²) >= 11 is 0. The molecule has 0 aliphatic carbocycles. The van der Waals surface area contributed by atoms with Crippen LogP contribution in [0.15, 0.2) is 78.9 Å². The second kappa shape index (κ2) is 7.15. The van der Waals surface area contributed by atoms with Gasteiger partial charge in [-0.25, -0.2) is 0 Å². The van der Waals surface area contributed by atoms with Crippen molar-refractivity contribution in [3.8, 4) is 11.8 Å². The minimum atomic E-state index is 0.384. The molecule has 0 aliphatic rings. The van der Waals surface area contributed by atoms with Gasteiger partial charge in [0.1, 0.15) is 12.4 Å². The van der Waals surface area contributed by atoms with E-state index < -0.39 is 0 Å². The van der Waals surface area contributed by atoms with E-state index in [0.29, 0.717) is 12.2 Å². The van der Waals surface area contributed by atoms with Gasteiger partial charge in [-0.1, -0.05) is 36.4 Å². The maximum absolute atomic E-state index is 9.08. The van der Waals surface area contributed by atoms with E-state index in [-0.39, 0.29) is 0 Å². The number of hydrogen-bond donors (Lipinski definition) is 1. The normalized spacial score (nSPS) is 9.87. The molecule has 0 atom stereocenters. The van der Waals surface area contributed by atoms with Gasteiger partial charge < -0.3 is 10.1 Å². The number of nitriles is 1. The van der Waals surface area contributed by atoms with Crippen LogP contribution in [0.25, 0.3) is 0 Å². The molecule has 0 heterocycles. The van der Waals surface area contributed by atoms with E-state index in [4.69, 9.17) is 10.00 Å². The molecule has 0 fully saturated rings. The molecule has 3 rings (SSSR count). The fourth-order valence-corrected chi connectivity index (χ4v) is 2.24. The molecule has 0 aliphatic heterocycles. The van der Waals surface area contributed by atoms with Crippen LogP contribution in [0.4, 0.5) is 11.4 Å². The molecule has 3 aromatic carbocycles. The van der Waals surface area contributed by atoms with Crippen molar-refractivity contribution < 1.29 is 4.74 Å². The van der Waals surface area contributed by atoms with E-state index in [1.807, 2.05) is 72.8 Å². The van der Waals surface area contributed by atoms with Gasteiger partial charge in [-0.15, -0.1) is 0 Å². The van der Waals surface area contributed by atoms with E-state index in [1.54, 1.807) is 6.07 Å². The molecule has 0 spiro atoms. The minimum Gasteiger partial charge on any atom is -0.489 e. The first kappa shape index (κ1) is 14.7. The topological polar surface area (TPSA) is 45.0 Å². The summed E-state index contributed by atoms with van der Waals surface area (Å²) in [6, 6.07) is 27.4. The number of ether oxygens (including phenoxy) is 1. The van der Waals surface area contributed by atoms with Gasteiger partial charge in [0, 0.05) is 16.9 Å². The fourth-order valence-electron chi connectivity index (χ4n) is 2.24. The summed E-state index contributed by atoms with van der Waals surface area (Å²) in [5, 5.41) is 12.4. The van der Waals surface area contributed by atoms with E-state index >= 15 is 0 Å². The van der Waals surface area contributed by atoms with Gasteiger partial charge in [0.2, 0.25) is 0 Å². The number of nitrogens with one attached hydrogen (secondary N) is 1. The number of anilines is 2. The van der Waals surface area contributed by atoms with Crippen LogP contribution >= 0.6 is 0 Å². The van der Waals surface area contributed by atoms with Crippen molar-refractivity contribution in [2.24, 2.45) is 0 Å². The highest BCUT2D eigenvalue weighted by atomic mass is 16.5. The lowest BCUT2D eigenvalue weighted by atomic mass is 10.1. The Hall–Kier alpha value is -3.25. The zero-order valence-corrected chi connectivity index (χ0v) is 12.6. The van der Waals surface area contributed by atoms with E-state index in [1.165, 1.54) is 0 Å². The molecule has 23 heavy (non-hydrogen) atoms. The van der Waals surface area contributed by atoms with Gasteiger partial charge >= 0.3 is 0 Å². The summed E-state index contributed by atoms with van der Waals surface area (Å²) in [6.45, 7) is 0.384. The lowest BCUT2D eigenvalue weighted by molar-refractivity contribution is 0.306. The number of nitrogens with zero attached hydrogens (tertiary/aromatic N) is 1. The summed E-state index contributed by atoms with van der Waals surface area (Å²) in [5.41, 5.74) is 3.58. The third kappa shape index (κ3) is 3.90. The molecule has 3 aromatic rings. The van der Waals surface area contributed by atoms with Crippen LogP contribution in [0, 0.1) is 11.3 Å². The summed E-state index contributed by atoms with van der Waals surface area (Å²) in [6.07, 6.45) is 0. The van der Waals surface area contributed by atoms with Crippen molar-refractivity contribution in [3.05, 3.63) is 90.0 Å². The van der Waals surface area contributed by atoms with Crippen LogP contribution in [-0.4, -0.2) is 0 Å². The van der Waals surface area contributed by atoms with Crippen LogP contribution in [0.1, 0.15) is 11.1 Å². The Morgan fingerprint density at radius 1 is 0.783 bits per heavy atom. The highest BCUT2D eigenvalue weighted by Gasteiger charge is 2.02. The minimum absolute atomic E-state index is 0.384. The Kier molecular flexibility index (Phi) is 4.56. The van der Waals surface area contributed by atoms with Gasteiger partial charge in [-0.05, 0) is 42.5 Å². The number of benzene rings is 3. The predicted octanol–water partition coefficient (Wildman–Crippen LogP) is 4.88. The number of hydrogen-bond acceptors (Lipinski definition) is 3. The molecule has 0 aromatic heterocycles. The molecule has 0 saturated carbocycles. The molecule has 0 radical (unpaired) electrons. The predicted molar refractivity (Wildman–Crippen MR) is 91.7 cm³/mol. The van der Waals surface area contributed by atoms with Crippen LogP contribution in [-0.2, 0) is 6.61 Å². The molecule has 0 bridgehead atoms. The Morgan fingerprint density at radius 2 is 1.43 bits per heavy atom. The number of para-hydroxylation sites is 1. The van der Waals surface area contributed by atoms with Crippen molar-refractivity contribution in [2.75, 3.05) is 5.32 Å². The van der Waals surface area contributed by atoms with Crippen LogP contribution < -0.4 is 10.1 Å². The second-order valence-corrected chi connectivity index (χ2v) is 5.07. The average molecular weight is 300 g/mol. The van der Waals surface area contributed by atoms with Gasteiger partial charge in [-0.3, -0.25) is 0 Å². The van der Waals surface area contributed by atoms with Crippen molar-refractivity contribution >= 4 is 11.4 Å². The SMILES string of the molecule is N#Cc1ccccc1COc1ccc(Nc2ccccc2)cc1. The molecular weight excluding hydrogens is 284 g/mol. The molecule has 0 saturated heterocycles. The second-order valence-electron chi connectivity index (χ2n) is 5.07. The van der Waals surface area contributed by atoms with Gasteiger partial charge in [0.05, 0.1) is 11.6 Å². The van der Waals surface area contributed by atoms with Crippen LogP contribution in [0.5, 0.6) is 5.75 Å². The maximum Gasteiger partial charge on any atom is 0.119 e. The maximum atomic E-state index is 9.08. The summed E-state index contributed by atoms with van der Waals surface area (Å²) in [4.78, 5) is 0. The van der Waals surface area contributed by atoms with Crippen molar-refractivity contribution in [1.82, 2.24) is 0 Å². The van der Waals surface area contributed by atoms with Gasteiger partial charge in [0.15, 0.2) is 0 Å². The summed E-state index contributed by atoms with van der Waals surface area (Å²) in [7, 11) is 0. The third-order valence-electron chi connectivity index (χ3n) is 3.45. The lowest BCUT2D eigenvalue weighted by Gasteiger charge is -2.09. The van der Waals surface area contributed by atoms with Gasteiger partial charge in [-0.2, -0.15) is 5.26 Å². The van der Waals surface area contributed by atoms with Gasteiger partial charge in [0.25, 0.3) is 0 Å². The van der Waals surface area contributed by atoms with E-state index in [0.717, 1.165) is 22.7 Å². The Morgan fingerprint density at radius 3 is 2.17 bits per heavy atom. The molecular formula is C20H16N2O. The molecule has 3 nitrogen and oxygen atoms in total. The molecule has 0 unspecified atom stereocenters. The van der Waals surface area contributed by atoms with Crippen molar-refractivity contribution in [2.45, 2.75) is 6.61 Å². The smallest absolute Gasteiger partial charge is 0.119 e. The quantitative estimate of drug-likeness (QED) is 0.730. The highest BCUT2D eigenvalue weighted by Crippen LogP contribution is 2.21. The molecule has 1 N–H and O–H groups in total. The Labute approximate surface area is 135 Å². The summed E-state index contributed by atoms with van der Waals surface area (Å²) < 4.78 is 5.76. The lowest BCUT2D eigenvalue weighted by Crippen LogP contribution is -1.98. The largest absolute Gasteiger partial charge is 0.489 e.